The van der Waals surface area contributed by atoms with Crippen molar-refractivity contribution in [2.24, 2.45) is 0 Å². The van der Waals surface area contributed by atoms with E-state index in [2.05, 4.69) is 55.3 Å². The lowest BCUT2D eigenvalue weighted by atomic mass is 9.99. The maximum absolute atomic E-state index is 13.0. The zero-order chi connectivity index (χ0) is 18.5. The number of amides is 1. The number of aromatic nitrogens is 1. The molecule has 4 nitrogen and oxygen atoms in total. The molecule has 1 aliphatic heterocycles. The molecule has 1 aromatic carbocycles. The number of carbonyl (C=O) groups is 1. The fraction of sp³-hybridized carbons (Fsp3) is 0.455. The molecular weight excluding hydrogens is 322 g/mol. The van der Waals surface area contributed by atoms with Gasteiger partial charge in [-0.1, -0.05) is 32.9 Å². The van der Waals surface area contributed by atoms with Crippen LogP contribution in [0.1, 0.15) is 68.3 Å². The fourth-order valence-electron chi connectivity index (χ4n) is 3.60. The van der Waals surface area contributed by atoms with E-state index in [9.17, 15) is 4.79 Å². The SMILES string of the molecule is CCC1CCCCN1C(=O)c1cncc(Nc2ccc(C(C)C)cc2)c1. The van der Waals surface area contributed by atoms with Crippen LogP contribution >= 0.6 is 0 Å². The highest BCUT2D eigenvalue weighted by Crippen LogP contribution is 2.24. The number of nitrogens with one attached hydrogen (secondary N) is 1. The van der Waals surface area contributed by atoms with E-state index in [0.29, 0.717) is 17.5 Å². The Bertz CT molecular complexity index is 739. The van der Waals surface area contributed by atoms with Crippen molar-refractivity contribution in [1.82, 2.24) is 9.88 Å². The van der Waals surface area contributed by atoms with Crippen LogP contribution in [0.25, 0.3) is 0 Å². The monoisotopic (exact) mass is 351 g/mol. The summed E-state index contributed by atoms with van der Waals surface area (Å²) in [7, 11) is 0. The summed E-state index contributed by atoms with van der Waals surface area (Å²) in [6, 6.07) is 10.7. The molecule has 1 saturated heterocycles. The molecule has 3 rings (SSSR count). The molecule has 1 atom stereocenters. The number of anilines is 2. The highest BCUT2D eigenvalue weighted by Gasteiger charge is 2.26. The van der Waals surface area contributed by atoms with E-state index < -0.39 is 0 Å². The van der Waals surface area contributed by atoms with E-state index in [0.717, 1.165) is 37.2 Å². The second kappa shape index (κ2) is 8.35. The second-order valence-electron chi connectivity index (χ2n) is 7.42. The molecule has 2 aromatic rings. The van der Waals surface area contributed by atoms with Crippen molar-refractivity contribution >= 4 is 17.3 Å². The number of rotatable bonds is 5. The molecule has 0 aliphatic carbocycles. The molecule has 4 heteroatoms. The minimum absolute atomic E-state index is 0.0999. The number of carbonyl (C=O) groups excluding carboxylic acids is 1. The lowest BCUT2D eigenvalue weighted by molar-refractivity contribution is 0.0607. The van der Waals surface area contributed by atoms with Gasteiger partial charge in [0, 0.05) is 24.5 Å². The van der Waals surface area contributed by atoms with Gasteiger partial charge in [0.2, 0.25) is 0 Å². The van der Waals surface area contributed by atoms with Gasteiger partial charge in [-0.25, -0.2) is 0 Å². The van der Waals surface area contributed by atoms with Crippen LogP contribution in [0, 0.1) is 0 Å². The molecule has 0 radical (unpaired) electrons. The zero-order valence-corrected chi connectivity index (χ0v) is 16.0. The summed E-state index contributed by atoms with van der Waals surface area (Å²) >= 11 is 0. The molecule has 1 amide bonds. The van der Waals surface area contributed by atoms with Crippen LogP contribution in [-0.2, 0) is 0 Å². The summed E-state index contributed by atoms with van der Waals surface area (Å²) in [5, 5.41) is 3.36. The van der Waals surface area contributed by atoms with E-state index in [4.69, 9.17) is 0 Å². The molecule has 138 valence electrons. The van der Waals surface area contributed by atoms with Gasteiger partial charge in [0.25, 0.3) is 5.91 Å². The lowest BCUT2D eigenvalue weighted by Gasteiger charge is -2.35. The standard InChI is InChI=1S/C22H29N3O/c1-4-21-7-5-6-12-25(21)22(26)18-13-20(15-23-14-18)24-19-10-8-17(9-11-19)16(2)3/h8-11,13-16,21,24H,4-7,12H2,1-3H3. The van der Waals surface area contributed by atoms with E-state index >= 15 is 0 Å². The molecule has 1 aliphatic rings. The number of piperidine rings is 1. The number of nitrogens with zero attached hydrogens (tertiary/aromatic N) is 2. The van der Waals surface area contributed by atoms with Crippen molar-refractivity contribution in [3.8, 4) is 0 Å². The molecule has 1 unspecified atom stereocenters. The van der Waals surface area contributed by atoms with Crippen LogP contribution in [-0.4, -0.2) is 28.4 Å². The smallest absolute Gasteiger partial charge is 0.255 e. The molecule has 1 aromatic heterocycles. The van der Waals surface area contributed by atoms with E-state index in [1.54, 1.807) is 12.4 Å². The highest BCUT2D eigenvalue weighted by atomic mass is 16.2. The van der Waals surface area contributed by atoms with Gasteiger partial charge < -0.3 is 10.2 Å². The topological polar surface area (TPSA) is 45.2 Å². The molecule has 0 saturated carbocycles. The first-order valence-corrected chi connectivity index (χ1v) is 9.71. The fourth-order valence-corrected chi connectivity index (χ4v) is 3.60. The molecular formula is C22H29N3O. The average molecular weight is 351 g/mol. The van der Waals surface area contributed by atoms with Crippen molar-refractivity contribution < 1.29 is 4.79 Å². The Labute approximate surface area is 156 Å². The van der Waals surface area contributed by atoms with Gasteiger partial charge in [0.1, 0.15) is 0 Å². The first-order chi connectivity index (χ1) is 12.6. The summed E-state index contributed by atoms with van der Waals surface area (Å²) in [6.07, 6.45) is 7.87. The summed E-state index contributed by atoms with van der Waals surface area (Å²) < 4.78 is 0. The predicted octanol–water partition coefficient (Wildman–Crippen LogP) is 5.35. The van der Waals surface area contributed by atoms with Crippen molar-refractivity contribution in [2.45, 2.75) is 58.4 Å². The van der Waals surface area contributed by atoms with Gasteiger partial charge in [-0.05, 0) is 55.4 Å². The summed E-state index contributed by atoms with van der Waals surface area (Å²) in [5.74, 6) is 0.616. The average Bonchev–Trinajstić information content (AvgIpc) is 2.68. The van der Waals surface area contributed by atoms with Gasteiger partial charge in [-0.3, -0.25) is 9.78 Å². The van der Waals surface area contributed by atoms with Crippen LogP contribution in [0.3, 0.4) is 0 Å². The minimum atomic E-state index is 0.0999. The van der Waals surface area contributed by atoms with Crippen LogP contribution in [0.2, 0.25) is 0 Å². The lowest BCUT2D eigenvalue weighted by Crippen LogP contribution is -2.43. The minimum Gasteiger partial charge on any atom is -0.354 e. The first kappa shape index (κ1) is 18.4. The number of benzene rings is 1. The number of hydrogen-bond acceptors (Lipinski definition) is 3. The van der Waals surface area contributed by atoms with Gasteiger partial charge in [-0.15, -0.1) is 0 Å². The Hall–Kier alpha value is -2.36. The Balaban J connectivity index is 1.74. The largest absolute Gasteiger partial charge is 0.354 e. The number of pyridine rings is 1. The zero-order valence-electron chi connectivity index (χ0n) is 16.0. The molecule has 1 N–H and O–H groups in total. The van der Waals surface area contributed by atoms with E-state index in [1.165, 1.54) is 12.0 Å². The Morgan fingerprint density at radius 3 is 2.65 bits per heavy atom. The van der Waals surface area contributed by atoms with Gasteiger partial charge in [0.05, 0.1) is 17.4 Å². The summed E-state index contributed by atoms with van der Waals surface area (Å²) in [6.45, 7) is 7.39. The predicted molar refractivity (Wildman–Crippen MR) is 107 cm³/mol. The van der Waals surface area contributed by atoms with Crippen molar-refractivity contribution in [2.75, 3.05) is 11.9 Å². The van der Waals surface area contributed by atoms with E-state index in [1.807, 2.05) is 11.0 Å². The third-order valence-corrected chi connectivity index (χ3v) is 5.21. The molecule has 0 spiro atoms. The molecule has 0 bridgehead atoms. The van der Waals surface area contributed by atoms with Crippen molar-refractivity contribution in [3.63, 3.8) is 0 Å². The maximum Gasteiger partial charge on any atom is 0.255 e. The van der Waals surface area contributed by atoms with Gasteiger partial charge in [0.15, 0.2) is 0 Å². The highest BCUT2D eigenvalue weighted by molar-refractivity contribution is 5.95. The van der Waals surface area contributed by atoms with Crippen molar-refractivity contribution in [3.05, 3.63) is 53.9 Å². The summed E-state index contributed by atoms with van der Waals surface area (Å²) in [5.41, 5.74) is 3.82. The maximum atomic E-state index is 13.0. The Morgan fingerprint density at radius 1 is 1.19 bits per heavy atom. The number of hydrogen-bond donors (Lipinski definition) is 1. The third-order valence-electron chi connectivity index (χ3n) is 5.21. The number of likely N-dealkylation sites (tertiary alicyclic amines) is 1. The Morgan fingerprint density at radius 2 is 1.96 bits per heavy atom. The van der Waals surface area contributed by atoms with Crippen molar-refractivity contribution in [1.29, 1.82) is 0 Å². The van der Waals surface area contributed by atoms with Crippen LogP contribution in [0.15, 0.2) is 42.7 Å². The molecule has 2 heterocycles. The quantitative estimate of drug-likeness (QED) is 0.789. The third kappa shape index (κ3) is 4.24. The Kier molecular flexibility index (Phi) is 5.92. The molecule has 1 fully saturated rings. The van der Waals surface area contributed by atoms with E-state index in [-0.39, 0.29) is 5.91 Å². The van der Waals surface area contributed by atoms with Crippen LogP contribution < -0.4 is 5.32 Å². The molecule has 26 heavy (non-hydrogen) atoms. The summed E-state index contributed by atoms with van der Waals surface area (Å²) in [4.78, 5) is 19.3. The first-order valence-electron chi connectivity index (χ1n) is 9.71. The van der Waals surface area contributed by atoms with Crippen LogP contribution in [0.4, 0.5) is 11.4 Å². The normalized spacial score (nSPS) is 17.4. The van der Waals surface area contributed by atoms with Crippen LogP contribution in [0.5, 0.6) is 0 Å². The van der Waals surface area contributed by atoms with Gasteiger partial charge in [-0.2, -0.15) is 0 Å². The second-order valence-corrected chi connectivity index (χ2v) is 7.42. The van der Waals surface area contributed by atoms with Gasteiger partial charge >= 0.3 is 0 Å².